The van der Waals surface area contributed by atoms with Gasteiger partial charge in [0.15, 0.2) is 0 Å². The topological polar surface area (TPSA) is 27.1 Å². The standard InChI is InChI=1S/C16H15ClN2O/c17-14-6-8-15(9-7-14)20-11-3-10-19-16-5-2-1-4-13(16)12-18-19/h1-2,4-9,12H,3,10-11H2. The molecule has 0 bridgehead atoms. The third kappa shape index (κ3) is 2.94. The van der Waals surface area contributed by atoms with E-state index in [9.17, 15) is 0 Å². The number of nitrogens with zero attached hydrogens (tertiary/aromatic N) is 2. The lowest BCUT2D eigenvalue weighted by atomic mass is 10.2. The molecule has 2 aromatic carbocycles. The van der Waals surface area contributed by atoms with E-state index in [2.05, 4.69) is 17.2 Å². The summed E-state index contributed by atoms with van der Waals surface area (Å²) >= 11 is 5.83. The quantitative estimate of drug-likeness (QED) is 0.659. The summed E-state index contributed by atoms with van der Waals surface area (Å²) in [7, 11) is 0. The van der Waals surface area contributed by atoms with Crippen LogP contribution >= 0.6 is 11.6 Å². The van der Waals surface area contributed by atoms with E-state index in [1.807, 2.05) is 47.3 Å². The molecule has 0 atom stereocenters. The first-order valence-corrected chi connectivity index (χ1v) is 7.00. The van der Waals surface area contributed by atoms with E-state index in [-0.39, 0.29) is 0 Å². The Labute approximate surface area is 122 Å². The van der Waals surface area contributed by atoms with Crippen molar-refractivity contribution in [1.29, 1.82) is 0 Å². The van der Waals surface area contributed by atoms with Crippen LogP contribution in [0.4, 0.5) is 0 Å². The van der Waals surface area contributed by atoms with Gasteiger partial charge in [0, 0.05) is 23.4 Å². The molecular formula is C16H15ClN2O. The maximum Gasteiger partial charge on any atom is 0.119 e. The number of hydrogen-bond donors (Lipinski definition) is 0. The fraction of sp³-hybridized carbons (Fsp3) is 0.188. The summed E-state index contributed by atoms with van der Waals surface area (Å²) in [5, 5.41) is 6.29. The summed E-state index contributed by atoms with van der Waals surface area (Å²) in [4.78, 5) is 0. The largest absolute Gasteiger partial charge is 0.494 e. The molecule has 4 heteroatoms. The van der Waals surface area contributed by atoms with E-state index in [1.54, 1.807) is 0 Å². The summed E-state index contributed by atoms with van der Waals surface area (Å²) in [6.07, 6.45) is 2.81. The highest BCUT2D eigenvalue weighted by Crippen LogP contribution is 2.16. The predicted octanol–water partition coefficient (Wildman–Crippen LogP) is 4.16. The highest BCUT2D eigenvalue weighted by atomic mass is 35.5. The molecule has 0 aliphatic rings. The molecule has 102 valence electrons. The van der Waals surface area contributed by atoms with Crippen molar-refractivity contribution < 1.29 is 4.74 Å². The van der Waals surface area contributed by atoms with Gasteiger partial charge in [-0.25, -0.2) is 0 Å². The number of hydrogen-bond acceptors (Lipinski definition) is 2. The van der Waals surface area contributed by atoms with Gasteiger partial charge in [-0.05, 0) is 30.3 Å². The van der Waals surface area contributed by atoms with Gasteiger partial charge in [0.25, 0.3) is 0 Å². The Hall–Kier alpha value is -2.00. The van der Waals surface area contributed by atoms with Crippen LogP contribution in [0.3, 0.4) is 0 Å². The van der Waals surface area contributed by atoms with E-state index >= 15 is 0 Å². The van der Waals surface area contributed by atoms with E-state index in [1.165, 1.54) is 10.9 Å². The van der Waals surface area contributed by atoms with Gasteiger partial charge < -0.3 is 4.74 Å². The van der Waals surface area contributed by atoms with Crippen molar-refractivity contribution in [3.05, 3.63) is 59.8 Å². The minimum absolute atomic E-state index is 0.663. The van der Waals surface area contributed by atoms with E-state index in [0.717, 1.165) is 23.7 Å². The number of ether oxygens (including phenoxy) is 1. The van der Waals surface area contributed by atoms with Gasteiger partial charge in [0.1, 0.15) is 5.75 Å². The molecule has 3 nitrogen and oxygen atoms in total. The van der Waals surface area contributed by atoms with Crippen LogP contribution in [0.1, 0.15) is 6.42 Å². The Balaban J connectivity index is 1.54. The second-order valence-electron chi connectivity index (χ2n) is 4.58. The molecule has 0 spiro atoms. The highest BCUT2D eigenvalue weighted by molar-refractivity contribution is 6.30. The molecule has 0 N–H and O–H groups in total. The minimum atomic E-state index is 0.663. The Morgan fingerprint density at radius 2 is 1.85 bits per heavy atom. The van der Waals surface area contributed by atoms with Crippen molar-refractivity contribution in [2.24, 2.45) is 0 Å². The zero-order chi connectivity index (χ0) is 13.8. The molecule has 0 aliphatic carbocycles. The molecule has 0 saturated carbocycles. The normalized spacial score (nSPS) is 10.8. The van der Waals surface area contributed by atoms with Crippen LogP contribution < -0.4 is 4.74 Å². The monoisotopic (exact) mass is 286 g/mol. The first-order valence-electron chi connectivity index (χ1n) is 6.62. The molecule has 1 aromatic heterocycles. The van der Waals surface area contributed by atoms with Crippen LogP contribution in [0.2, 0.25) is 5.02 Å². The lowest BCUT2D eigenvalue weighted by molar-refractivity contribution is 0.300. The smallest absolute Gasteiger partial charge is 0.119 e. The third-order valence-corrected chi connectivity index (χ3v) is 3.40. The fourth-order valence-corrected chi connectivity index (χ4v) is 2.27. The van der Waals surface area contributed by atoms with Crippen molar-refractivity contribution in [3.63, 3.8) is 0 Å². The van der Waals surface area contributed by atoms with E-state index in [4.69, 9.17) is 16.3 Å². The zero-order valence-corrected chi connectivity index (χ0v) is 11.8. The first-order chi connectivity index (χ1) is 9.83. The highest BCUT2D eigenvalue weighted by Gasteiger charge is 2.01. The molecule has 0 radical (unpaired) electrons. The molecule has 0 amide bonds. The molecular weight excluding hydrogens is 272 g/mol. The number of aromatic nitrogens is 2. The van der Waals surface area contributed by atoms with Gasteiger partial charge >= 0.3 is 0 Å². The van der Waals surface area contributed by atoms with Crippen molar-refractivity contribution in [1.82, 2.24) is 9.78 Å². The molecule has 1 heterocycles. The Kier molecular flexibility index (Phi) is 3.88. The summed E-state index contributed by atoms with van der Waals surface area (Å²) in [6.45, 7) is 1.51. The van der Waals surface area contributed by atoms with E-state index in [0.29, 0.717) is 6.61 Å². The number of para-hydroxylation sites is 1. The van der Waals surface area contributed by atoms with Crippen LogP contribution in [-0.4, -0.2) is 16.4 Å². The Bertz CT molecular complexity index is 691. The molecule has 0 saturated heterocycles. The summed E-state index contributed by atoms with van der Waals surface area (Å²) < 4.78 is 7.69. The van der Waals surface area contributed by atoms with Crippen molar-refractivity contribution in [2.75, 3.05) is 6.61 Å². The predicted molar refractivity (Wildman–Crippen MR) is 81.3 cm³/mol. The molecule has 3 rings (SSSR count). The van der Waals surface area contributed by atoms with Crippen LogP contribution in [-0.2, 0) is 6.54 Å². The van der Waals surface area contributed by atoms with Crippen LogP contribution in [0, 0.1) is 0 Å². The molecule has 0 unspecified atom stereocenters. The molecule has 20 heavy (non-hydrogen) atoms. The van der Waals surface area contributed by atoms with Gasteiger partial charge in [-0.2, -0.15) is 5.10 Å². The molecule has 0 fully saturated rings. The van der Waals surface area contributed by atoms with E-state index < -0.39 is 0 Å². The number of halogens is 1. The number of fused-ring (bicyclic) bond motifs is 1. The first kappa shape index (κ1) is 13.0. The molecule has 3 aromatic rings. The van der Waals surface area contributed by atoms with Gasteiger partial charge in [0.05, 0.1) is 18.3 Å². The number of aryl methyl sites for hydroxylation is 1. The maximum absolute atomic E-state index is 5.83. The Morgan fingerprint density at radius 3 is 2.70 bits per heavy atom. The number of benzene rings is 2. The SMILES string of the molecule is Clc1ccc(OCCCn2ncc3ccccc32)cc1. The fourth-order valence-electron chi connectivity index (χ4n) is 2.14. The lowest BCUT2D eigenvalue weighted by Crippen LogP contribution is -2.05. The van der Waals surface area contributed by atoms with Crippen LogP contribution in [0.25, 0.3) is 10.9 Å². The van der Waals surface area contributed by atoms with Crippen LogP contribution in [0.15, 0.2) is 54.7 Å². The van der Waals surface area contributed by atoms with Crippen molar-refractivity contribution in [3.8, 4) is 5.75 Å². The number of rotatable bonds is 5. The zero-order valence-electron chi connectivity index (χ0n) is 11.0. The lowest BCUT2D eigenvalue weighted by Gasteiger charge is -2.07. The Morgan fingerprint density at radius 1 is 1.05 bits per heavy atom. The minimum Gasteiger partial charge on any atom is -0.494 e. The summed E-state index contributed by atoms with van der Waals surface area (Å²) in [6, 6.07) is 15.6. The third-order valence-electron chi connectivity index (χ3n) is 3.15. The summed E-state index contributed by atoms with van der Waals surface area (Å²) in [5.41, 5.74) is 1.17. The van der Waals surface area contributed by atoms with Gasteiger partial charge in [-0.3, -0.25) is 4.68 Å². The van der Waals surface area contributed by atoms with Gasteiger partial charge in [0.2, 0.25) is 0 Å². The van der Waals surface area contributed by atoms with Gasteiger partial charge in [-0.1, -0.05) is 29.8 Å². The average molecular weight is 287 g/mol. The summed E-state index contributed by atoms with van der Waals surface area (Å²) in [5.74, 6) is 0.847. The van der Waals surface area contributed by atoms with Gasteiger partial charge in [-0.15, -0.1) is 0 Å². The second kappa shape index (κ2) is 5.97. The average Bonchev–Trinajstić information content (AvgIpc) is 2.89. The second-order valence-corrected chi connectivity index (χ2v) is 5.02. The van der Waals surface area contributed by atoms with Crippen LogP contribution in [0.5, 0.6) is 5.75 Å². The molecule has 0 aliphatic heterocycles. The van der Waals surface area contributed by atoms with Crippen molar-refractivity contribution >= 4 is 22.5 Å². The van der Waals surface area contributed by atoms with Crippen molar-refractivity contribution in [2.45, 2.75) is 13.0 Å². The maximum atomic E-state index is 5.83.